The van der Waals surface area contributed by atoms with Crippen LogP contribution in [0.1, 0.15) is 69.1 Å². The molecule has 3 heterocycles. The van der Waals surface area contributed by atoms with E-state index in [2.05, 4.69) is 15.3 Å². The minimum Gasteiger partial charge on any atom is -0.507 e. The Kier molecular flexibility index (Phi) is 8.43. The number of aryl methyl sites for hydroxylation is 1. The SMILES string of the molecule is Cc1ccnc(C(C)C)c1Nc1nc(-c2c(O)cccc2F)c(F)cc1C(=O)N1CCN(C(=O)O)C(C(C)(C)C)[C@@H]1C. The predicted molar refractivity (Wildman–Crippen MR) is 156 cm³/mol. The number of hydrogen-bond donors (Lipinski definition) is 3. The van der Waals surface area contributed by atoms with Crippen LogP contribution in [0.15, 0.2) is 36.5 Å². The topological polar surface area (TPSA) is 119 Å². The van der Waals surface area contributed by atoms with Gasteiger partial charge in [-0.3, -0.25) is 9.78 Å². The molecule has 0 aliphatic carbocycles. The number of halogens is 2. The van der Waals surface area contributed by atoms with E-state index in [1.54, 1.807) is 19.2 Å². The van der Waals surface area contributed by atoms with Gasteiger partial charge in [-0.25, -0.2) is 18.6 Å². The number of carboxylic acid groups (broad SMARTS) is 1. The summed E-state index contributed by atoms with van der Waals surface area (Å²) in [7, 11) is 0. The van der Waals surface area contributed by atoms with Crippen LogP contribution < -0.4 is 5.32 Å². The number of rotatable bonds is 5. The molecule has 3 N–H and O–H groups in total. The lowest BCUT2D eigenvalue weighted by molar-refractivity contribution is -0.00891. The summed E-state index contributed by atoms with van der Waals surface area (Å²) in [5.41, 5.74) is 0.533. The van der Waals surface area contributed by atoms with Gasteiger partial charge in [-0.15, -0.1) is 0 Å². The second kappa shape index (κ2) is 11.5. The first-order valence-electron chi connectivity index (χ1n) is 13.8. The van der Waals surface area contributed by atoms with Crippen LogP contribution in [-0.4, -0.2) is 67.2 Å². The summed E-state index contributed by atoms with van der Waals surface area (Å²) in [6.45, 7) is 13.4. The highest BCUT2D eigenvalue weighted by atomic mass is 19.1. The summed E-state index contributed by atoms with van der Waals surface area (Å²) < 4.78 is 30.6. The van der Waals surface area contributed by atoms with Crippen molar-refractivity contribution in [3.63, 3.8) is 0 Å². The molecule has 1 aliphatic heterocycles. The van der Waals surface area contributed by atoms with E-state index in [9.17, 15) is 24.2 Å². The van der Waals surface area contributed by atoms with E-state index < -0.39 is 58.1 Å². The molecule has 2 aromatic heterocycles. The van der Waals surface area contributed by atoms with Gasteiger partial charge < -0.3 is 25.3 Å². The summed E-state index contributed by atoms with van der Waals surface area (Å²) in [4.78, 5) is 38.0. The monoisotopic (exact) mass is 581 g/mol. The average Bonchev–Trinajstić information content (AvgIpc) is 2.89. The van der Waals surface area contributed by atoms with Crippen molar-refractivity contribution in [1.29, 1.82) is 0 Å². The van der Waals surface area contributed by atoms with Crippen LogP contribution in [0.4, 0.5) is 25.1 Å². The molecular weight excluding hydrogens is 544 g/mol. The van der Waals surface area contributed by atoms with Crippen molar-refractivity contribution in [3.8, 4) is 17.0 Å². The Balaban J connectivity index is 1.89. The van der Waals surface area contributed by atoms with Gasteiger partial charge in [0.2, 0.25) is 0 Å². The molecule has 1 aromatic carbocycles. The van der Waals surface area contributed by atoms with Gasteiger partial charge in [0.1, 0.15) is 23.1 Å². The van der Waals surface area contributed by atoms with Crippen LogP contribution in [0.3, 0.4) is 0 Å². The van der Waals surface area contributed by atoms with E-state index in [-0.39, 0.29) is 30.4 Å². The number of amides is 2. The highest BCUT2D eigenvalue weighted by Gasteiger charge is 2.45. The maximum absolute atomic E-state index is 15.7. The largest absolute Gasteiger partial charge is 0.507 e. The lowest BCUT2D eigenvalue weighted by Gasteiger charge is -2.50. The van der Waals surface area contributed by atoms with E-state index in [4.69, 9.17) is 0 Å². The number of anilines is 2. The van der Waals surface area contributed by atoms with Crippen molar-refractivity contribution in [3.05, 3.63) is 65.0 Å². The van der Waals surface area contributed by atoms with E-state index in [1.165, 1.54) is 21.9 Å². The van der Waals surface area contributed by atoms with Crippen molar-refractivity contribution in [2.24, 2.45) is 5.41 Å². The number of hydrogen-bond acceptors (Lipinski definition) is 6. The second-order valence-electron chi connectivity index (χ2n) is 12.0. The zero-order valence-corrected chi connectivity index (χ0v) is 24.9. The fourth-order valence-corrected chi connectivity index (χ4v) is 5.80. The molecular formula is C31H37F2N5O4. The van der Waals surface area contributed by atoms with Crippen molar-refractivity contribution in [2.75, 3.05) is 18.4 Å². The molecule has 1 fully saturated rings. The predicted octanol–water partition coefficient (Wildman–Crippen LogP) is 6.54. The number of nitrogens with one attached hydrogen (secondary N) is 1. The summed E-state index contributed by atoms with van der Waals surface area (Å²) in [5.74, 6) is -3.00. The molecule has 2 amide bonds. The Morgan fingerprint density at radius 3 is 2.36 bits per heavy atom. The maximum Gasteiger partial charge on any atom is 0.407 e. The molecule has 1 saturated heterocycles. The number of phenols is 1. The maximum atomic E-state index is 15.7. The Morgan fingerprint density at radius 2 is 1.76 bits per heavy atom. The lowest BCUT2D eigenvalue weighted by atomic mass is 9.79. The molecule has 0 radical (unpaired) electrons. The standard InChI is InChI=1S/C31H37F2N5O4/c1-16(2)24-25(17(3)11-12-34-24)35-28-19(15-21(33)26(36-28)23-20(32)9-8-10-22(23)39)29(40)37-13-14-38(30(41)42)27(18(37)4)31(5,6)7/h8-12,15-16,18,27,39H,13-14H2,1-7H3,(H,35,36)(H,41,42)/t18-,27?/m0/s1. The second-order valence-corrected chi connectivity index (χ2v) is 12.0. The first-order valence-corrected chi connectivity index (χ1v) is 13.8. The van der Waals surface area contributed by atoms with Gasteiger partial charge in [0.15, 0.2) is 5.82 Å². The fraction of sp³-hybridized carbons (Fsp3) is 0.419. The molecule has 3 aromatic rings. The fourth-order valence-electron chi connectivity index (χ4n) is 5.80. The first kappa shape index (κ1) is 30.7. The Hall–Kier alpha value is -4.28. The van der Waals surface area contributed by atoms with Crippen molar-refractivity contribution in [1.82, 2.24) is 19.8 Å². The zero-order chi connectivity index (χ0) is 31.1. The number of benzene rings is 1. The quantitative estimate of drug-likeness (QED) is 0.313. The normalized spacial score (nSPS) is 17.5. The molecule has 11 heteroatoms. The van der Waals surface area contributed by atoms with Gasteiger partial charge in [0.05, 0.1) is 34.6 Å². The Morgan fingerprint density at radius 1 is 1.10 bits per heavy atom. The van der Waals surface area contributed by atoms with Crippen molar-refractivity contribution >= 4 is 23.5 Å². The molecule has 9 nitrogen and oxygen atoms in total. The van der Waals surface area contributed by atoms with E-state index >= 15 is 4.39 Å². The highest BCUT2D eigenvalue weighted by molar-refractivity contribution is 6.00. The molecule has 4 rings (SSSR count). The number of carbonyl (C=O) groups is 2. The van der Waals surface area contributed by atoms with Crippen molar-refractivity contribution in [2.45, 2.75) is 66.5 Å². The Bertz CT molecular complexity index is 1500. The summed E-state index contributed by atoms with van der Waals surface area (Å²) in [6, 6.07) is 5.28. The molecule has 1 aliphatic rings. The first-order chi connectivity index (χ1) is 19.6. The van der Waals surface area contributed by atoms with Crippen LogP contribution >= 0.6 is 0 Å². The Labute approximate surface area is 244 Å². The summed E-state index contributed by atoms with van der Waals surface area (Å²) in [6.07, 6.45) is 0.588. The number of nitrogens with zero attached hydrogens (tertiary/aromatic N) is 4. The van der Waals surface area contributed by atoms with Crippen LogP contribution in [0.5, 0.6) is 5.75 Å². The van der Waals surface area contributed by atoms with Gasteiger partial charge in [-0.2, -0.15) is 0 Å². The number of aromatic nitrogens is 2. The van der Waals surface area contributed by atoms with Gasteiger partial charge in [0, 0.05) is 19.3 Å². The third kappa shape index (κ3) is 5.73. The summed E-state index contributed by atoms with van der Waals surface area (Å²) >= 11 is 0. The molecule has 224 valence electrons. The minimum atomic E-state index is -1.08. The van der Waals surface area contributed by atoms with Gasteiger partial charge in [0.25, 0.3) is 5.91 Å². The number of aromatic hydroxyl groups is 1. The molecule has 2 atom stereocenters. The third-order valence-electron chi connectivity index (χ3n) is 7.67. The van der Waals surface area contributed by atoms with E-state index in [0.29, 0.717) is 11.4 Å². The molecule has 0 saturated carbocycles. The van der Waals surface area contributed by atoms with Crippen LogP contribution in [-0.2, 0) is 0 Å². The van der Waals surface area contributed by atoms with Crippen LogP contribution in [0.2, 0.25) is 0 Å². The van der Waals surface area contributed by atoms with Gasteiger partial charge in [-0.05, 0) is 55.0 Å². The highest BCUT2D eigenvalue weighted by Crippen LogP contribution is 2.38. The molecule has 1 unspecified atom stereocenters. The van der Waals surface area contributed by atoms with Gasteiger partial charge >= 0.3 is 6.09 Å². The number of phenolic OH excluding ortho intramolecular Hbond substituents is 1. The summed E-state index contributed by atoms with van der Waals surface area (Å²) in [5, 5.41) is 23.4. The van der Waals surface area contributed by atoms with Crippen molar-refractivity contribution < 1.29 is 28.6 Å². The van der Waals surface area contributed by atoms with E-state index in [1.807, 2.05) is 41.5 Å². The average molecular weight is 582 g/mol. The third-order valence-corrected chi connectivity index (χ3v) is 7.67. The lowest BCUT2D eigenvalue weighted by Crippen LogP contribution is -2.65. The number of piperazine rings is 1. The molecule has 0 spiro atoms. The van der Waals surface area contributed by atoms with Crippen LogP contribution in [0.25, 0.3) is 11.3 Å². The number of pyridine rings is 2. The minimum absolute atomic E-state index is 0.0151. The van der Waals surface area contributed by atoms with Crippen LogP contribution in [0, 0.1) is 24.0 Å². The number of carbonyl (C=O) groups excluding carboxylic acids is 1. The molecule has 42 heavy (non-hydrogen) atoms. The molecule has 0 bridgehead atoms. The zero-order valence-electron chi connectivity index (χ0n) is 24.9. The van der Waals surface area contributed by atoms with Gasteiger partial charge in [-0.1, -0.05) is 40.7 Å². The van der Waals surface area contributed by atoms with E-state index in [0.717, 1.165) is 17.7 Å². The smallest absolute Gasteiger partial charge is 0.407 e.